The van der Waals surface area contributed by atoms with Crippen LogP contribution in [0.15, 0.2) is 52.7 Å². The third-order valence-corrected chi connectivity index (χ3v) is 6.43. The largest absolute Gasteiger partial charge is 0.353 e. The van der Waals surface area contributed by atoms with E-state index < -0.39 is 0 Å². The minimum atomic E-state index is -0.0880. The molecular formula is C19H24N2OS2. The number of thiophene rings is 1. The number of nitrogens with zero attached hydrogens (tertiary/aromatic N) is 1. The van der Waals surface area contributed by atoms with E-state index in [-0.39, 0.29) is 11.2 Å². The van der Waals surface area contributed by atoms with Crippen molar-refractivity contribution in [2.75, 3.05) is 19.6 Å². The fraction of sp³-hybridized carbons (Fsp3) is 0.421. The number of amides is 1. The number of rotatable bonds is 7. The summed E-state index contributed by atoms with van der Waals surface area (Å²) in [6.45, 7) is 4.93. The number of likely N-dealkylation sites (tertiary alicyclic amines) is 1. The van der Waals surface area contributed by atoms with Crippen molar-refractivity contribution in [1.29, 1.82) is 0 Å². The maximum Gasteiger partial charge on any atom is 0.233 e. The molecule has 24 heavy (non-hydrogen) atoms. The summed E-state index contributed by atoms with van der Waals surface area (Å²) in [5, 5.41) is 5.20. The van der Waals surface area contributed by atoms with Gasteiger partial charge in [0.15, 0.2) is 0 Å². The molecule has 5 heteroatoms. The first kappa shape index (κ1) is 17.5. The molecule has 1 amide bonds. The van der Waals surface area contributed by atoms with Gasteiger partial charge in [0.05, 0.1) is 11.3 Å². The summed E-state index contributed by atoms with van der Waals surface area (Å²) >= 11 is 3.39. The Morgan fingerprint density at radius 3 is 2.62 bits per heavy atom. The second-order valence-electron chi connectivity index (χ2n) is 6.09. The Balaban J connectivity index is 1.56. The summed E-state index contributed by atoms with van der Waals surface area (Å²) in [5.41, 5.74) is 0. The second kappa shape index (κ2) is 8.70. The van der Waals surface area contributed by atoms with Crippen LogP contribution in [0.1, 0.15) is 30.7 Å². The number of hydrogen-bond acceptors (Lipinski definition) is 4. The maximum absolute atomic E-state index is 12.5. The molecule has 128 valence electrons. The molecule has 2 unspecified atom stereocenters. The van der Waals surface area contributed by atoms with Gasteiger partial charge in [-0.25, -0.2) is 0 Å². The fourth-order valence-electron chi connectivity index (χ4n) is 3.04. The van der Waals surface area contributed by atoms with Crippen molar-refractivity contribution in [3.8, 4) is 0 Å². The normalized spacial score (nSPS) is 17.5. The van der Waals surface area contributed by atoms with Crippen molar-refractivity contribution in [2.45, 2.75) is 36.0 Å². The van der Waals surface area contributed by atoms with Gasteiger partial charge >= 0.3 is 0 Å². The van der Waals surface area contributed by atoms with E-state index in [4.69, 9.17) is 0 Å². The predicted octanol–water partition coefficient (Wildman–Crippen LogP) is 4.18. The molecule has 2 heterocycles. The molecule has 1 N–H and O–H groups in total. The minimum Gasteiger partial charge on any atom is -0.353 e. The molecule has 1 saturated heterocycles. The van der Waals surface area contributed by atoms with Crippen LogP contribution in [0.3, 0.4) is 0 Å². The van der Waals surface area contributed by atoms with Gasteiger partial charge in [-0.1, -0.05) is 24.3 Å². The Bertz CT molecular complexity index is 624. The molecule has 1 aromatic heterocycles. The Morgan fingerprint density at radius 2 is 1.96 bits per heavy atom. The summed E-state index contributed by atoms with van der Waals surface area (Å²) in [4.78, 5) is 17.5. The van der Waals surface area contributed by atoms with Crippen LogP contribution in [0, 0.1) is 0 Å². The number of carbonyl (C=O) groups excluding carboxylic acids is 1. The monoisotopic (exact) mass is 360 g/mol. The molecule has 1 aromatic carbocycles. The minimum absolute atomic E-state index is 0.0880. The van der Waals surface area contributed by atoms with Crippen molar-refractivity contribution >= 4 is 29.0 Å². The van der Waals surface area contributed by atoms with E-state index in [1.807, 2.05) is 37.3 Å². The number of nitrogens with one attached hydrogen (secondary N) is 1. The Hall–Kier alpha value is -1.30. The van der Waals surface area contributed by atoms with Crippen LogP contribution >= 0.6 is 23.1 Å². The number of hydrogen-bond donors (Lipinski definition) is 1. The van der Waals surface area contributed by atoms with E-state index in [1.165, 1.54) is 17.7 Å². The molecule has 2 atom stereocenters. The fourth-order valence-corrected chi connectivity index (χ4v) is 4.82. The Kier molecular flexibility index (Phi) is 6.35. The van der Waals surface area contributed by atoms with E-state index in [2.05, 4.69) is 27.7 Å². The van der Waals surface area contributed by atoms with Crippen LogP contribution in [-0.4, -0.2) is 35.7 Å². The van der Waals surface area contributed by atoms with Gasteiger partial charge < -0.3 is 5.32 Å². The van der Waals surface area contributed by atoms with Crippen LogP contribution < -0.4 is 5.32 Å². The zero-order valence-electron chi connectivity index (χ0n) is 14.0. The zero-order valence-corrected chi connectivity index (χ0v) is 15.6. The summed E-state index contributed by atoms with van der Waals surface area (Å²) < 4.78 is 0. The van der Waals surface area contributed by atoms with E-state index >= 15 is 0 Å². The maximum atomic E-state index is 12.5. The van der Waals surface area contributed by atoms with E-state index in [0.29, 0.717) is 12.6 Å². The van der Waals surface area contributed by atoms with Gasteiger partial charge in [0.25, 0.3) is 0 Å². The average molecular weight is 361 g/mol. The van der Waals surface area contributed by atoms with Gasteiger partial charge in [0.1, 0.15) is 0 Å². The lowest BCUT2D eigenvalue weighted by Crippen LogP contribution is -2.39. The van der Waals surface area contributed by atoms with Crippen molar-refractivity contribution in [2.24, 2.45) is 0 Å². The Morgan fingerprint density at radius 1 is 1.21 bits per heavy atom. The molecule has 1 fully saturated rings. The van der Waals surface area contributed by atoms with Crippen LogP contribution in [0.2, 0.25) is 0 Å². The summed E-state index contributed by atoms with van der Waals surface area (Å²) in [7, 11) is 0. The van der Waals surface area contributed by atoms with E-state index in [1.54, 1.807) is 23.1 Å². The molecule has 1 aliphatic rings. The topological polar surface area (TPSA) is 32.3 Å². The highest BCUT2D eigenvalue weighted by atomic mass is 32.2. The molecule has 0 aliphatic carbocycles. The summed E-state index contributed by atoms with van der Waals surface area (Å²) in [6, 6.07) is 14.7. The van der Waals surface area contributed by atoms with Crippen molar-refractivity contribution in [3.63, 3.8) is 0 Å². The first-order chi connectivity index (χ1) is 11.7. The van der Waals surface area contributed by atoms with E-state index in [9.17, 15) is 4.79 Å². The van der Waals surface area contributed by atoms with E-state index in [0.717, 1.165) is 18.0 Å². The molecule has 0 saturated carbocycles. The molecule has 0 spiro atoms. The highest BCUT2D eigenvalue weighted by Crippen LogP contribution is 2.28. The quantitative estimate of drug-likeness (QED) is 0.752. The molecule has 0 radical (unpaired) electrons. The lowest BCUT2D eigenvalue weighted by atomic mass is 10.2. The molecule has 3 rings (SSSR count). The molecular weight excluding hydrogens is 336 g/mol. The predicted molar refractivity (Wildman–Crippen MR) is 103 cm³/mol. The van der Waals surface area contributed by atoms with Crippen LogP contribution in [0.4, 0.5) is 0 Å². The highest BCUT2D eigenvalue weighted by Gasteiger charge is 2.25. The van der Waals surface area contributed by atoms with Crippen LogP contribution in [-0.2, 0) is 4.79 Å². The van der Waals surface area contributed by atoms with Crippen molar-refractivity contribution < 1.29 is 4.79 Å². The summed E-state index contributed by atoms with van der Waals surface area (Å²) in [6.07, 6.45) is 2.52. The SMILES string of the molecule is CC(Sc1ccccc1)C(=O)NCC(c1cccs1)N1CCCC1. The van der Waals surface area contributed by atoms with Gasteiger partial charge in [-0.15, -0.1) is 23.1 Å². The van der Waals surface area contributed by atoms with Gasteiger partial charge in [-0.2, -0.15) is 0 Å². The second-order valence-corrected chi connectivity index (χ2v) is 8.49. The lowest BCUT2D eigenvalue weighted by Gasteiger charge is -2.27. The van der Waals surface area contributed by atoms with Gasteiger partial charge in [-0.3, -0.25) is 9.69 Å². The standard InChI is InChI=1S/C19H24N2OS2/c1-15(24-16-8-3-2-4-9-16)19(22)20-14-17(18-10-7-13-23-18)21-11-5-6-12-21/h2-4,7-10,13,15,17H,5-6,11-12,14H2,1H3,(H,20,22). The van der Waals surface area contributed by atoms with Gasteiger partial charge in [-0.05, 0) is 56.4 Å². The zero-order chi connectivity index (χ0) is 16.8. The molecule has 0 bridgehead atoms. The highest BCUT2D eigenvalue weighted by molar-refractivity contribution is 8.00. The number of benzene rings is 1. The van der Waals surface area contributed by atoms with Gasteiger partial charge in [0.2, 0.25) is 5.91 Å². The van der Waals surface area contributed by atoms with Crippen molar-refractivity contribution in [3.05, 3.63) is 52.7 Å². The number of carbonyl (C=O) groups is 1. The summed E-state index contributed by atoms with van der Waals surface area (Å²) in [5.74, 6) is 0.115. The van der Waals surface area contributed by atoms with Crippen LogP contribution in [0.5, 0.6) is 0 Å². The smallest absolute Gasteiger partial charge is 0.233 e. The molecule has 2 aromatic rings. The first-order valence-electron chi connectivity index (χ1n) is 8.51. The molecule has 1 aliphatic heterocycles. The van der Waals surface area contributed by atoms with Gasteiger partial charge in [0, 0.05) is 16.3 Å². The van der Waals surface area contributed by atoms with Crippen molar-refractivity contribution in [1.82, 2.24) is 10.2 Å². The number of thioether (sulfide) groups is 1. The molecule has 3 nitrogen and oxygen atoms in total. The van der Waals surface area contributed by atoms with Crippen LogP contribution in [0.25, 0.3) is 0 Å². The lowest BCUT2D eigenvalue weighted by molar-refractivity contribution is -0.120. The third kappa shape index (κ3) is 4.62. The third-order valence-electron chi connectivity index (χ3n) is 4.35. The average Bonchev–Trinajstić information content (AvgIpc) is 3.30. The first-order valence-corrected chi connectivity index (χ1v) is 10.3. The Labute approximate surface area is 152 Å².